The molecule has 2 aliphatic heterocycles. The molecule has 0 unspecified atom stereocenters. The van der Waals surface area contributed by atoms with E-state index in [2.05, 4.69) is 24.8 Å². The Morgan fingerprint density at radius 1 is 1.04 bits per heavy atom. The van der Waals surface area contributed by atoms with E-state index in [-0.39, 0.29) is 5.60 Å². The molecule has 0 bridgehead atoms. The monoisotopic (exact) mass is 340 g/mol. The lowest BCUT2D eigenvalue weighted by atomic mass is 9.57. The van der Waals surface area contributed by atoms with Crippen molar-refractivity contribution in [2.75, 3.05) is 13.2 Å². The zero-order valence-corrected chi connectivity index (χ0v) is 14.9. The van der Waals surface area contributed by atoms with Gasteiger partial charge in [0.2, 0.25) is 0 Å². The van der Waals surface area contributed by atoms with Crippen LogP contribution in [0.25, 0.3) is 6.08 Å². The van der Waals surface area contributed by atoms with E-state index in [0.717, 1.165) is 56.3 Å². The van der Waals surface area contributed by atoms with Gasteiger partial charge in [-0.15, -0.1) is 6.58 Å². The predicted molar refractivity (Wildman–Crippen MR) is 99.3 cm³/mol. The number of benzene rings is 1. The SMILES string of the molecule is C=CC[C@]1(O)/C(=C/c2ccccc2)CC[C@@]2(CCCO2)[C@@]12CCCO2. The minimum atomic E-state index is -1.05. The van der Waals surface area contributed by atoms with Crippen LogP contribution in [0.1, 0.15) is 50.5 Å². The number of aliphatic hydroxyl groups is 1. The van der Waals surface area contributed by atoms with Crippen molar-refractivity contribution < 1.29 is 14.6 Å². The minimum absolute atomic E-state index is 0.352. The molecule has 2 saturated heterocycles. The van der Waals surface area contributed by atoms with Crippen LogP contribution < -0.4 is 0 Å². The summed E-state index contributed by atoms with van der Waals surface area (Å²) in [6.07, 6.45) is 10.1. The largest absolute Gasteiger partial charge is 0.382 e. The fourth-order valence-electron chi connectivity index (χ4n) is 5.37. The first-order valence-electron chi connectivity index (χ1n) is 9.53. The van der Waals surface area contributed by atoms with Gasteiger partial charge in [0.15, 0.2) is 0 Å². The van der Waals surface area contributed by atoms with E-state index >= 15 is 0 Å². The van der Waals surface area contributed by atoms with Crippen LogP contribution in [0.15, 0.2) is 48.6 Å². The highest BCUT2D eigenvalue weighted by Crippen LogP contribution is 2.59. The summed E-state index contributed by atoms with van der Waals surface area (Å²) in [6.45, 7) is 5.40. The van der Waals surface area contributed by atoms with Gasteiger partial charge in [0.25, 0.3) is 0 Å². The van der Waals surface area contributed by atoms with Crippen LogP contribution >= 0.6 is 0 Å². The highest BCUT2D eigenvalue weighted by Gasteiger charge is 2.69. The Balaban J connectivity index is 1.83. The van der Waals surface area contributed by atoms with Gasteiger partial charge in [-0.25, -0.2) is 0 Å². The molecule has 4 rings (SSSR count). The van der Waals surface area contributed by atoms with Crippen LogP contribution in [-0.2, 0) is 9.47 Å². The number of rotatable bonds is 3. The quantitative estimate of drug-likeness (QED) is 0.835. The van der Waals surface area contributed by atoms with Crippen molar-refractivity contribution in [1.29, 1.82) is 0 Å². The molecule has 1 aliphatic carbocycles. The van der Waals surface area contributed by atoms with Gasteiger partial charge in [0.1, 0.15) is 16.8 Å². The average molecular weight is 340 g/mol. The molecule has 1 aromatic carbocycles. The van der Waals surface area contributed by atoms with Crippen LogP contribution in [0.5, 0.6) is 0 Å². The molecule has 25 heavy (non-hydrogen) atoms. The van der Waals surface area contributed by atoms with E-state index in [4.69, 9.17) is 9.47 Å². The van der Waals surface area contributed by atoms with Crippen molar-refractivity contribution in [2.45, 2.75) is 61.7 Å². The maximum Gasteiger partial charge on any atom is 0.130 e. The second-order valence-corrected chi connectivity index (χ2v) is 7.66. The molecule has 134 valence electrons. The van der Waals surface area contributed by atoms with Crippen molar-refractivity contribution in [3.05, 3.63) is 54.1 Å². The van der Waals surface area contributed by atoms with Crippen LogP contribution in [0.4, 0.5) is 0 Å². The summed E-state index contributed by atoms with van der Waals surface area (Å²) in [5.41, 5.74) is 0.126. The summed E-state index contributed by atoms with van der Waals surface area (Å²) in [5.74, 6) is 0. The van der Waals surface area contributed by atoms with Crippen LogP contribution in [-0.4, -0.2) is 35.1 Å². The van der Waals surface area contributed by atoms with Gasteiger partial charge in [0, 0.05) is 19.6 Å². The highest BCUT2D eigenvalue weighted by molar-refractivity contribution is 5.57. The fraction of sp³-hybridized carbons (Fsp3) is 0.545. The standard InChI is InChI=1S/C22H28O3/c1-2-11-21(23)19(17-18-8-4-3-5-9-18)10-14-20(12-6-15-24-20)22(21)13-7-16-25-22/h2-5,8-9,17,23H,1,6-7,10-16H2/b19-17+/t20-,21-,22-/m0/s1. The molecule has 3 atom stereocenters. The molecule has 0 radical (unpaired) electrons. The molecule has 0 amide bonds. The Morgan fingerprint density at radius 2 is 1.80 bits per heavy atom. The van der Waals surface area contributed by atoms with E-state index in [1.807, 2.05) is 24.3 Å². The molecule has 0 aromatic heterocycles. The number of hydrogen-bond acceptors (Lipinski definition) is 3. The number of ether oxygens (including phenoxy) is 2. The summed E-state index contributed by atoms with van der Waals surface area (Å²) in [4.78, 5) is 0. The third kappa shape index (κ3) is 2.44. The molecule has 3 aliphatic rings. The smallest absolute Gasteiger partial charge is 0.130 e. The Morgan fingerprint density at radius 3 is 2.44 bits per heavy atom. The second-order valence-electron chi connectivity index (χ2n) is 7.66. The van der Waals surface area contributed by atoms with Gasteiger partial charge in [-0.2, -0.15) is 0 Å². The fourth-order valence-corrected chi connectivity index (χ4v) is 5.37. The van der Waals surface area contributed by atoms with Gasteiger partial charge in [0.05, 0.1) is 0 Å². The van der Waals surface area contributed by atoms with E-state index < -0.39 is 11.2 Å². The molecule has 1 aromatic rings. The van der Waals surface area contributed by atoms with Gasteiger partial charge in [-0.3, -0.25) is 0 Å². The lowest BCUT2D eigenvalue weighted by Crippen LogP contribution is -2.70. The van der Waals surface area contributed by atoms with Crippen LogP contribution in [0, 0.1) is 0 Å². The number of hydrogen-bond donors (Lipinski definition) is 1. The molecular formula is C22H28O3. The van der Waals surface area contributed by atoms with Crippen molar-refractivity contribution in [3.8, 4) is 0 Å². The van der Waals surface area contributed by atoms with Gasteiger partial charge < -0.3 is 14.6 Å². The normalized spacial score (nSPS) is 39.5. The first-order chi connectivity index (χ1) is 12.2. The maximum atomic E-state index is 12.0. The van der Waals surface area contributed by atoms with Crippen molar-refractivity contribution >= 4 is 6.08 Å². The molecule has 1 N–H and O–H groups in total. The molecule has 1 saturated carbocycles. The summed E-state index contributed by atoms with van der Waals surface area (Å²) < 4.78 is 12.7. The summed E-state index contributed by atoms with van der Waals surface area (Å²) in [5, 5.41) is 12.0. The molecule has 3 nitrogen and oxygen atoms in total. The Labute approximate surface area is 150 Å². The van der Waals surface area contributed by atoms with Gasteiger partial charge in [-0.05, 0) is 49.7 Å². The van der Waals surface area contributed by atoms with E-state index in [9.17, 15) is 5.11 Å². The molecule has 3 heteroatoms. The zero-order valence-electron chi connectivity index (χ0n) is 14.9. The summed E-state index contributed by atoms with van der Waals surface area (Å²) in [6, 6.07) is 10.2. The van der Waals surface area contributed by atoms with Crippen LogP contribution in [0.2, 0.25) is 0 Å². The summed E-state index contributed by atoms with van der Waals surface area (Å²) >= 11 is 0. The molecular weight excluding hydrogens is 312 g/mol. The molecule has 2 heterocycles. The topological polar surface area (TPSA) is 38.7 Å². The van der Waals surface area contributed by atoms with E-state index in [0.29, 0.717) is 13.0 Å². The zero-order chi connectivity index (χ0) is 17.4. The highest BCUT2D eigenvalue weighted by atomic mass is 16.6. The lowest BCUT2D eigenvalue weighted by molar-refractivity contribution is -0.254. The van der Waals surface area contributed by atoms with E-state index in [1.54, 1.807) is 0 Å². The predicted octanol–water partition coefficient (Wildman–Crippen LogP) is 4.27. The van der Waals surface area contributed by atoms with Gasteiger partial charge >= 0.3 is 0 Å². The molecule has 2 spiro atoms. The first kappa shape index (κ1) is 17.0. The van der Waals surface area contributed by atoms with Crippen molar-refractivity contribution in [3.63, 3.8) is 0 Å². The van der Waals surface area contributed by atoms with Gasteiger partial charge in [-0.1, -0.05) is 42.5 Å². The van der Waals surface area contributed by atoms with E-state index in [1.165, 1.54) is 0 Å². The Hall–Kier alpha value is -1.42. The minimum Gasteiger partial charge on any atom is -0.382 e. The van der Waals surface area contributed by atoms with Crippen molar-refractivity contribution in [2.24, 2.45) is 0 Å². The average Bonchev–Trinajstić information content (AvgIpc) is 3.29. The Kier molecular flexibility index (Phi) is 4.35. The van der Waals surface area contributed by atoms with Crippen LogP contribution in [0.3, 0.4) is 0 Å². The molecule has 3 fully saturated rings. The summed E-state index contributed by atoms with van der Waals surface area (Å²) in [7, 11) is 0. The first-order valence-corrected chi connectivity index (χ1v) is 9.53. The third-order valence-electron chi connectivity index (χ3n) is 6.44. The number of fused-ring (bicyclic) bond motifs is 1. The Bertz CT molecular complexity index is 651. The van der Waals surface area contributed by atoms with Crippen molar-refractivity contribution in [1.82, 2.24) is 0 Å². The third-order valence-corrected chi connectivity index (χ3v) is 6.44. The maximum absolute atomic E-state index is 12.0. The second kappa shape index (κ2) is 6.39. The lowest BCUT2D eigenvalue weighted by Gasteiger charge is -2.58.